The van der Waals surface area contributed by atoms with Gasteiger partial charge in [-0.3, -0.25) is 4.79 Å². The second-order valence-corrected chi connectivity index (χ2v) is 8.01. The number of hydrogen-bond donors (Lipinski definition) is 2. The molecule has 0 fully saturated rings. The van der Waals surface area contributed by atoms with Gasteiger partial charge < -0.3 is 14.9 Å². The lowest BCUT2D eigenvalue weighted by molar-refractivity contribution is -0.142. The molecule has 1 heterocycles. The molecule has 27 heavy (non-hydrogen) atoms. The zero-order valence-corrected chi connectivity index (χ0v) is 16.4. The molecule has 0 saturated heterocycles. The molecule has 8 heteroatoms. The van der Waals surface area contributed by atoms with Gasteiger partial charge in [-0.25, -0.2) is 4.79 Å². The Hall–Kier alpha value is -2.41. The van der Waals surface area contributed by atoms with E-state index in [0.717, 1.165) is 5.56 Å². The van der Waals surface area contributed by atoms with E-state index >= 15 is 0 Å². The van der Waals surface area contributed by atoms with E-state index in [9.17, 15) is 14.7 Å². The van der Waals surface area contributed by atoms with Crippen molar-refractivity contribution in [3.63, 3.8) is 0 Å². The third kappa shape index (κ3) is 7.02. The average Bonchev–Trinajstić information content (AvgIpc) is 3.05. The van der Waals surface area contributed by atoms with Crippen molar-refractivity contribution in [1.82, 2.24) is 15.5 Å². The molecule has 1 amide bonds. The lowest BCUT2D eigenvalue weighted by atomic mass is 9.88. The van der Waals surface area contributed by atoms with Crippen LogP contribution < -0.4 is 5.32 Å². The number of nitrogens with zero attached hydrogens (tertiary/aromatic N) is 2. The molecular weight excluding hydrogens is 370 g/mol. The fourth-order valence-corrected chi connectivity index (χ4v) is 2.52. The van der Waals surface area contributed by atoms with Gasteiger partial charge in [0.15, 0.2) is 0 Å². The Morgan fingerprint density at radius 1 is 1.26 bits per heavy atom. The summed E-state index contributed by atoms with van der Waals surface area (Å²) in [7, 11) is 0. The van der Waals surface area contributed by atoms with Crippen LogP contribution >= 0.6 is 11.6 Å². The molecule has 0 aliphatic heterocycles. The third-order valence-electron chi connectivity index (χ3n) is 3.95. The van der Waals surface area contributed by atoms with Crippen LogP contribution in [-0.4, -0.2) is 33.2 Å². The van der Waals surface area contributed by atoms with E-state index in [1.807, 2.05) is 20.8 Å². The van der Waals surface area contributed by atoms with Crippen molar-refractivity contribution in [1.29, 1.82) is 0 Å². The van der Waals surface area contributed by atoms with Crippen molar-refractivity contribution in [2.24, 2.45) is 5.41 Å². The molecule has 2 rings (SSSR count). The molecule has 0 aliphatic carbocycles. The van der Waals surface area contributed by atoms with Gasteiger partial charge in [0.2, 0.25) is 17.6 Å². The van der Waals surface area contributed by atoms with Crippen LogP contribution in [0.5, 0.6) is 0 Å². The maximum absolute atomic E-state index is 12.1. The highest BCUT2D eigenvalue weighted by molar-refractivity contribution is 6.30. The fourth-order valence-electron chi connectivity index (χ4n) is 2.39. The van der Waals surface area contributed by atoms with Gasteiger partial charge in [0.1, 0.15) is 6.04 Å². The second kappa shape index (κ2) is 8.99. The van der Waals surface area contributed by atoms with Gasteiger partial charge in [-0.1, -0.05) is 37.5 Å². The highest BCUT2D eigenvalue weighted by Gasteiger charge is 2.23. The number of carboxylic acids is 1. The van der Waals surface area contributed by atoms with Gasteiger partial charge in [0.25, 0.3) is 0 Å². The number of aryl methyl sites for hydroxylation is 1. The maximum Gasteiger partial charge on any atom is 0.326 e. The number of carbonyl (C=O) groups is 2. The Morgan fingerprint density at radius 2 is 1.93 bits per heavy atom. The second-order valence-electron chi connectivity index (χ2n) is 7.58. The highest BCUT2D eigenvalue weighted by Crippen LogP contribution is 2.22. The van der Waals surface area contributed by atoms with E-state index in [4.69, 9.17) is 16.1 Å². The van der Waals surface area contributed by atoms with Crippen molar-refractivity contribution >= 4 is 23.5 Å². The van der Waals surface area contributed by atoms with Crippen LogP contribution in [0.4, 0.5) is 0 Å². The Kier molecular flexibility index (Phi) is 6.96. The SMILES string of the molecule is CC(C)(C)CCC(NC(=O)CCc1nc(-c2ccc(Cl)cc2)no1)C(=O)O. The molecule has 2 aromatic rings. The first-order valence-corrected chi connectivity index (χ1v) is 9.12. The largest absolute Gasteiger partial charge is 0.480 e. The first kappa shape index (κ1) is 20.9. The van der Waals surface area contributed by atoms with Gasteiger partial charge in [-0.15, -0.1) is 0 Å². The third-order valence-corrected chi connectivity index (χ3v) is 4.20. The molecule has 1 aromatic heterocycles. The number of carbonyl (C=O) groups excluding carboxylic acids is 1. The number of aliphatic carboxylic acids is 1. The normalized spacial score (nSPS) is 12.6. The molecule has 1 unspecified atom stereocenters. The topological polar surface area (TPSA) is 105 Å². The predicted molar refractivity (Wildman–Crippen MR) is 101 cm³/mol. The summed E-state index contributed by atoms with van der Waals surface area (Å²) in [6, 6.07) is 6.10. The first-order valence-electron chi connectivity index (χ1n) is 8.75. The van der Waals surface area contributed by atoms with Crippen molar-refractivity contribution in [2.75, 3.05) is 0 Å². The van der Waals surface area contributed by atoms with Crippen molar-refractivity contribution in [2.45, 2.75) is 52.5 Å². The van der Waals surface area contributed by atoms with Crippen molar-refractivity contribution < 1.29 is 19.2 Å². The number of benzene rings is 1. The van der Waals surface area contributed by atoms with Gasteiger partial charge in [0.05, 0.1) is 0 Å². The summed E-state index contributed by atoms with van der Waals surface area (Å²) in [4.78, 5) is 27.7. The van der Waals surface area contributed by atoms with E-state index in [1.54, 1.807) is 24.3 Å². The number of aromatic nitrogens is 2. The van der Waals surface area contributed by atoms with Crippen molar-refractivity contribution in [3.8, 4) is 11.4 Å². The first-order chi connectivity index (χ1) is 12.6. The van der Waals surface area contributed by atoms with E-state index in [2.05, 4.69) is 15.5 Å². The van der Waals surface area contributed by atoms with Crippen LogP contribution in [0.25, 0.3) is 11.4 Å². The molecule has 146 valence electrons. The molecule has 1 atom stereocenters. The summed E-state index contributed by atoms with van der Waals surface area (Å²) < 4.78 is 5.15. The molecule has 2 N–H and O–H groups in total. The molecule has 0 aliphatic rings. The van der Waals surface area contributed by atoms with E-state index < -0.39 is 12.0 Å². The quantitative estimate of drug-likeness (QED) is 0.708. The number of halogens is 1. The maximum atomic E-state index is 12.1. The van der Waals surface area contributed by atoms with E-state index in [-0.39, 0.29) is 24.2 Å². The van der Waals surface area contributed by atoms with Crippen LogP contribution in [0.3, 0.4) is 0 Å². The summed E-state index contributed by atoms with van der Waals surface area (Å²) in [5.74, 6) is -0.662. The van der Waals surface area contributed by atoms with E-state index in [1.165, 1.54) is 0 Å². The number of hydrogen-bond acceptors (Lipinski definition) is 5. The fraction of sp³-hybridized carbons (Fsp3) is 0.474. The molecule has 0 radical (unpaired) electrons. The average molecular weight is 394 g/mol. The lowest BCUT2D eigenvalue weighted by Gasteiger charge is -2.21. The van der Waals surface area contributed by atoms with Crippen LogP contribution in [0.2, 0.25) is 5.02 Å². The van der Waals surface area contributed by atoms with Crippen LogP contribution in [0, 0.1) is 5.41 Å². The number of amides is 1. The standard InChI is InChI=1S/C19H24ClN3O4/c1-19(2,3)11-10-14(18(25)26)21-15(24)8-9-16-22-17(23-27-16)12-4-6-13(20)7-5-12/h4-7,14H,8-11H2,1-3H3,(H,21,24)(H,25,26). The van der Waals surface area contributed by atoms with Gasteiger partial charge in [-0.2, -0.15) is 4.98 Å². The molecule has 0 spiro atoms. The Labute approximate surface area is 163 Å². The van der Waals surface area contributed by atoms with E-state index in [0.29, 0.717) is 29.6 Å². The summed E-state index contributed by atoms with van der Waals surface area (Å²) >= 11 is 5.85. The van der Waals surface area contributed by atoms with Gasteiger partial charge >= 0.3 is 5.97 Å². The smallest absolute Gasteiger partial charge is 0.326 e. The minimum Gasteiger partial charge on any atom is -0.480 e. The minimum absolute atomic E-state index is 0.000250. The monoisotopic (exact) mass is 393 g/mol. The summed E-state index contributed by atoms with van der Waals surface area (Å²) in [5, 5.41) is 16.3. The highest BCUT2D eigenvalue weighted by atomic mass is 35.5. The number of rotatable bonds is 8. The van der Waals surface area contributed by atoms with Crippen LogP contribution in [0.15, 0.2) is 28.8 Å². The summed E-state index contributed by atoms with van der Waals surface area (Å²) in [6.45, 7) is 6.09. The van der Waals surface area contributed by atoms with Crippen LogP contribution in [0.1, 0.15) is 45.9 Å². The molecule has 7 nitrogen and oxygen atoms in total. The lowest BCUT2D eigenvalue weighted by Crippen LogP contribution is -2.41. The summed E-state index contributed by atoms with van der Waals surface area (Å²) in [5.41, 5.74) is 0.757. The zero-order valence-electron chi connectivity index (χ0n) is 15.7. The van der Waals surface area contributed by atoms with Crippen LogP contribution in [-0.2, 0) is 16.0 Å². The molecule has 0 bridgehead atoms. The Morgan fingerprint density at radius 3 is 2.52 bits per heavy atom. The van der Waals surface area contributed by atoms with Gasteiger partial charge in [-0.05, 0) is 42.5 Å². The minimum atomic E-state index is -1.03. The molecular formula is C19H24ClN3O4. The Bertz CT molecular complexity index is 781. The van der Waals surface area contributed by atoms with Crippen molar-refractivity contribution in [3.05, 3.63) is 35.2 Å². The molecule has 0 saturated carbocycles. The number of carboxylic acid groups (broad SMARTS) is 1. The zero-order chi connectivity index (χ0) is 20.0. The Balaban J connectivity index is 1.87. The summed E-state index contributed by atoms with van der Waals surface area (Å²) in [6.07, 6.45) is 1.38. The number of nitrogens with one attached hydrogen (secondary N) is 1. The van der Waals surface area contributed by atoms with Gasteiger partial charge in [0, 0.05) is 23.4 Å². The molecule has 1 aromatic carbocycles. The predicted octanol–water partition coefficient (Wildman–Crippen LogP) is 3.72.